The highest BCUT2D eigenvalue weighted by molar-refractivity contribution is 7.01. The van der Waals surface area contributed by atoms with Gasteiger partial charge in [0.1, 0.15) is 0 Å². The van der Waals surface area contributed by atoms with Crippen LogP contribution >= 0.6 is 0 Å². The van der Waals surface area contributed by atoms with Crippen LogP contribution in [0.4, 0.5) is 51.2 Å². The average Bonchev–Trinajstić information content (AvgIpc) is 1.63. The third kappa shape index (κ3) is 6.84. The fourth-order valence-corrected chi connectivity index (χ4v) is 16.3. The van der Waals surface area contributed by atoms with Gasteiger partial charge in [0.2, 0.25) is 0 Å². The van der Waals surface area contributed by atoms with E-state index in [9.17, 15) is 0 Å². The number of hydrogen-bond donors (Lipinski definition) is 0. The molecule has 4 fully saturated rings. The lowest BCUT2D eigenvalue weighted by atomic mass is 9.25. The van der Waals surface area contributed by atoms with Crippen molar-refractivity contribution in [3.8, 4) is 33.4 Å². The van der Waals surface area contributed by atoms with E-state index >= 15 is 0 Å². The number of rotatable bonds is 8. The smallest absolute Gasteiger partial charge is 0.252 e. The molecule has 376 valence electrons. The molecule has 4 bridgehead atoms. The van der Waals surface area contributed by atoms with Crippen molar-refractivity contribution in [3.63, 3.8) is 0 Å². The van der Waals surface area contributed by atoms with Gasteiger partial charge in [-0.15, -0.1) is 0 Å². The fourth-order valence-electron chi connectivity index (χ4n) is 16.3. The van der Waals surface area contributed by atoms with Crippen molar-refractivity contribution in [1.82, 2.24) is 0 Å². The van der Waals surface area contributed by atoms with Crippen LogP contribution in [0, 0.1) is 23.7 Å². The Hall–Kier alpha value is -8.34. The minimum atomic E-state index is -0.0734. The van der Waals surface area contributed by atoms with Crippen LogP contribution in [0.25, 0.3) is 33.4 Å². The van der Waals surface area contributed by atoms with Crippen molar-refractivity contribution in [2.24, 2.45) is 23.7 Å². The Morgan fingerprint density at radius 3 is 1.45 bits per heavy atom. The summed E-state index contributed by atoms with van der Waals surface area (Å²) in [6, 6.07) is 89.5. The van der Waals surface area contributed by atoms with Crippen LogP contribution in [-0.2, 0) is 10.8 Å². The van der Waals surface area contributed by atoms with E-state index in [2.05, 4.69) is 272 Å². The Kier molecular flexibility index (Phi) is 10.2. The Bertz CT molecular complexity index is 3890. The van der Waals surface area contributed by atoms with Gasteiger partial charge in [0, 0.05) is 56.6 Å². The van der Waals surface area contributed by atoms with E-state index in [1.54, 1.807) is 22.1 Å². The summed E-state index contributed by atoms with van der Waals surface area (Å²) in [5.74, 6) is 2.91. The maximum Gasteiger partial charge on any atom is 0.252 e. The lowest BCUT2D eigenvalue weighted by Gasteiger charge is -2.65. The molecule has 3 aliphatic heterocycles. The lowest BCUT2D eigenvalue weighted by molar-refractivity contribution is -0.0413. The molecule has 3 nitrogen and oxygen atoms in total. The molecule has 0 aromatic heterocycles. The maximum atomic E-state index is 2.76. The highest BCUT2D eigenvalue weighted by Gasteiger charge is 2.64. The van der Waals surface area contributed by atoms with E-state index in [0.717, 1.165) is 28.9 Å². The van der Waals surface area contributed by atoms with Gasteiger partial charge in [-0.1, -0.05) is 172 Å². The predicted molar refractivity (Wildman–Crippen MR) is 328 cm³/mol. The summed E-state index contributed by atoms with van der Waals surface area (Å²) in [5.41, 5.74) is 27.3. The first-order valence-electron chi connectivity index (χ1n) is 28.7. The molecule has 7 aliphatic rings. The van der Waals surface area contributed by atoms with Crippen molar-refractivity contribution in [3.05, 3.63) is 253 Å². The summed E-state index contributed by atoms with van der Waals surface area (Å²) in [5, 5.41) is 0. The Morgan fingerprint density at radius 1 is 0.372 bits per heavy atom. The van der Waals surface area contributed by atoms with Gasteiger partial charge in [0.25, 0.3) is 6.71 Å². The monoisotopic (exact) mass is 1000 g/mol. The fraction of sp³-hybridized carbons (Fsp3) is 0.189. The van der Waals surface area contributed by atoms with Gasteiger partial charge >= 0.3 is 0 Å². The maximum absolute atomic E-state index is 2.76. The molecule has 0 amide bonds. The second-order valence-electron chi connectivity index (χ2n) is 24.5. The largest absolute Gasteiger partial charge is 0.311 e. The summed E-state index contributed by atoms with van der Waals surface area (Å²) in [4.78, 5) is 7.76. The average molecular weight is 1000 g/mol. The van der Waals surface area contributed by atoms with Crippen LogP contribution < -0.4 is 31.1 Å². The van der Waals surface area contributed by atoms with Gasteiger partial charge in [0.05, 0.1) is 0 Å². The molecule has 17 rings (SSSR count). The molecule has 3 heterocycles. The molecule has 0 N–H and O–H groups in total. The van der Waals surface area contributed by atoms with Gasteiger partial charge in [-0.3, -0.25) is 0 Å². The SMILES string of the molecule is CC(C)(C)c1cc2c3c(c1)C1(c4cccc5c4B3c3c(cc(-c4ccc(N(c6ccccc6)c6ccccc6)cc4)cc3N2c2cccc(-c3ccccc3)c2)N5c2ccc(-c3ccccc3)cc2)C2CC3CC(C2)CC1C3. The van der Waals surface area contributed by atoms with Crippen LogP contribution in [-0.4, -0.2) is 6.71 Å². The minimum absolute atomic E-state index is 0.0644. The summed E-state index contributed by atoms with van der Waals surface area (Å²) in [7, 11) is 0. The molecule has 4 heteroatoms. The zero-order chi connectivity index (χ0) is 51.9. The second kappa shape index (κ2) is 17.3. The van der Waals surface area contributed by atoms with Crippen molar-refractivity contribution < 1.29 is 0 Å². The number of anilines is 9. The zero-order valence-electron chi connectivity index (χ0n) is 44.8. The molecule has 0 saturated heterocycles. The predicted octanol–water partition coefficient (Wildman–Crippen LogP) is 17.6. The number of hydrogen-bond acceptors (Lipinski definition) is 3. The molecular formula is C74H62BN3. The topological polar surface area (TPSA) is 9.72 Å². The first-order chi connectivity index (χ1) is 38.3. The van der Waals surface area contributed by atoms with Gasteiger partial charge in [-0.25, -0.2) is 0 Å². The molecule has 0 radical (unpaired) electrons. The number of nitrogens with zero attached hydrogens (tertiary/aromatic N) is 3. The van der Waals surface area contributed by atoms with E-state index in [1.165, 1.54) is 111 Å². The Morgan fingerprint density at radius 2 is 0.846 bits per heavy atom. The Labute approximate surface area is 460 Å². The van der Waals surface area contributed by atoms with Crippen molar-refractivity contribution in [2.75, 3.05) is 14.7 Å². The van der Waals surface area contributed by atoms with Crippen LogP contribution in [0.2, 0.25) is 0 Å². The number of para-hydroxylation sites is 2. The van der Waals surface area contributed by atoms with E-state index in [4.69, 9.17) is 0 Å². The van der Waals surface area contributed by atoms with Gasteiger partial charge in [-0.2, -0.15) is 0 Å². The van der Waals surface area contributed by atoms with Gasteiger partial charge in [-0.05, 0) is 213 Å². The summed E-state index contributed by atoms with van der Waals surface area (Å²) in [6.45, 7) is 7.39. The normalized spacial score (nSPS) is 20.7. The van der Waals surface area contributed by atoms with Crippen molar-refractivity contribution in [2.45, 2.75) is 63.7 Å². The van der Waals surface area contributed by atoms with E-state index in [-0.39, 0.29) is 17.5 Å². The quantitative estimate of drug-likeness (QED) is 0.140. The molecule has 78 heavy (non-hydrogen) atoms. The van der Waals surface area contributed by atoms with E-state index in [1.807, 2.05) is 0 Å². The molecular weight excluding hydrogens is 942 g/mol. The third-order valence-electron chi connectivity index (χ3n) is 19.3. The lowest BCUT2D eigenvalue weighted by Crippen LogP contribution is -2.71. The highest BCUT2D eigenvalue weighted by atomic mass is 15.2. The van der Waals surface area contributed by atoms with Gasteiger partial charge < -0.3 is 14.7 Å². The minimum Gasteiger partial charge on any atom is -0.311 e. The van der Waals surface area contributed by atoms with Crippen molar-refractivity contribution >= 4 is 74.3 Å². The van der Waals surface area contributed by atoms with Crippen LogP contribution in [0.5, 0.6) is 0 Å². The summed E-state index contributed by atoms with van der Waals surface area (Å²) < 4.78 is 0. The third-order valence-corrected chi connectivity index (χ3v) is 19.3. The first kappa shape index (κ1) is 45.8. The van der Waals surface area contributed by atoms with Crippen LogP contribution in [0.15, 0.2) is 237 Å². The highest BCUT2D eigenvalue weighted by Crippen LogP contribution is 2.67. The molecule has 10 aromatic carbocycles. The molecule has 1 spiro atoms. The van der Waals surface area contributed by atoms with Crippen LogP contribution in [0.1, 0.15) is 69.6 Å². The number of benzene rings is 10. The first-order valence-corrected chi connectivity index (χ1v) is 28.7. The van der Waals surface area contributed by atoms with Crippen molar-refractivity contribution in [1.29, 1.82) is 0 Å². The Balaban J connectivity index is 0.985. The van der Waals surface area contributed by atoms with E-state index < -0.39 is 0 Å². The summed E-state index contributed by atoms with van der Waals surface area (Å²) >= 11 is 0. The van der Waals surface area contributed by atoms with E-state index in [0.29, 0.717) is 11.8 Å². The zero-order valence-corrected chi connectivity index (χ0v) is 44.8. The van der Waals surface area contributed by atoms with Gasteiger partial charge in [0.15, 0.2) is 0 Å². The molecule has 4 aliphatic carbocycles. The summed E-state index contributed by atoms with van der Waals surface area (Å²) in [6.07, 6.45) is 6.77. The molecule has 10 aromatic rings. The standard InChI is InChI=1S/C74H62BN3/c1-73(2,3)56-46-65-71-69(47-56)78(63-27-16-22-54(43-63)51-20-10-5-11-21-51)68-45-55(53-32-34-61(35-33-53)76(59-23-12-6-13-24-59)60-25-14-7-15-26-60)44-67-72(68)75(71)70-64(74(65)57-39-48-38-49(41-57)42-58(74)40-48)28-17-29-66(70)77(67)62-36-30-52(31-37-62)50-18-8-4-9-19-50/h4-37,43-49,57-58H,38-42H2,1-3H3. The van der Waals surface area contributed by atoms with Crippen LogP contribution in [0.3, 0.4) is 0 Å². The molecule has 4 saturated carbocycles. The molecule has 0 atom stereocenters. The molecule has 0 unspecified atom stereocenters. The second-order valence-corrected chi connectivity index (χ2v) is 24.5.